The molecule has 1 unspecified atom stereocenters. The van der Waals surface area contributed by atoms with E-state index < -0.39 is 5.92 Å². The minimum absolute atomic E-state index is 0.0155. The molecule has 1 heterocycles. The normalized spacial score (nSPS) is 16.2. The lowest BCUT2D eigenvalue weighted by Crippen LogP contribution is -2.30. The van der Waals surface area contributed by atoms with Gasteiger partial charge >= 0.3 is 0 Å². The van der Waals surface area contributed by atoms with Crippen LogP contribution in [0.4, 0.5) is 0 Å². The predicted molar refractivity (Wildman–Crippen MR) is 115 cm³/mol. The standard InChI is InChI=1S/C26H25NO2/c28-25(24-17-18-27(26(24)29)19-21-7-3-1-4-8-21)16-13-20-11-14-23(15-12-20)22-9-5-2-6-10-22/h1-12,14-15,24H,13,16-19H2. The molecule has 29 heavy (non-hydrogen) atoms. The number of nitrogens with zero attached hydrogens (tertiary/aromatic N) is 1. The average Bonchev–Trinajstić information content (AvgIpc) is 3.14. The molecule has 1 atom stereocenters. The van der Waals surface area contributed by atoms with Gasteiger partial charge in [-0.3, -0.25) is 9.59 Å². The van der Waals surface area contributed by atoms with E-state index in [-0.39, 0.29) is 11.7 Å². The number of rotatable bonds is 7. The summed E-state index contributed by atoms with van der Waals surface area (Å²) in [4.78, 5) is 27.1. The van der Waals surface area contributed by atoms with E-state index in [4.69, 9.17) is 0 Å². The van der Waals surface area contributed by atoms with E-state index in [0.717, 1.165) is 11.1 Å². The van der Waals surface area contributed by atoms with Crippen molar-refractivity contribution in [1.29, 1.82) is 0 Å². The van der Waals surface area contributed by atoms with E-state index in [9.17, 15) is 9.59 Å². The Labute approximate surface area is 172 Å². The van der Waals surface area contributed by atoms with Gasteiger partial charge in [-0.25, -0.2) is 0 Å². The summed E-state index contributed by atoms with van der Waals surface area (Å²) >= 11 is 0. The Morgan fingerprint density at radius 2 is 1.41 bits per heavy atom. The molecule has 1 saturated heterocycles. The molecule has 0 saturated carbocycles. The number of hydrogen-bond donors (Lipinski definition) is 0. The Balaban J connectivity index is 1.31. The fourth-order valence-electron chi connectivity index (χ4n) is 3.93. The molecule has 1 aliphatic heterocycles. The number of carbonyl (C=O) groups is 2. The molecule has 0 spiro atoms. The summed E-state index contributed by atoms with van der Waals surface area (Å²) in [5, 5.41) is 0. The van der Waals surface area contributed by atoms with Gasteiger partial charge in [0.2, 0.25) is 5.91 Å². The second-order valence-electron chi connectivity index (χ2n) is 7.62. The van der Waals surface area contributed by atoms with Crippen molar-refractivity contribution in [2.45, 2.75) is 25.8 Å². The van der Waals surface area contributed by atoms with Crippen molar-refractivity contribution in [2.75, 3.05) is 6.54 Å². The van der Waals surface area contributed by atoms with Crippen LogP contribution in [0.5, 0.6) is 0 Å². The minimum atomic E-state index is -0.470. The molecule has 3 nitrogen and oxygen atoms in total. The largest absolute Gasteiger partial charge is 0.338 e. The van der Waals surface area contributed by atoms with Crippen LogP contribution < -0.4 is 0 Å². The highest BCUT2D eigenvalue weighted by atomic mass is 16.2. The van der Waals surface area contributed by atoms with Crippen molar-refractivity contribution < 1.29 is 9.59 Å². The molecule has 3 aromatic carbocycles. The van der Waals surface area contributed by atoms with Gasteiger partial charge in [0, 0.05) is 19.5 Å². The zero-order valence-corrected chi connectivity index (χ0v) is 16.5. The maximum atomic E-state index is 12.7. The summed E-state index contributed by atoms with van der Waals surface area (Å²) in [6.07, 6.45) is 1.73. The van der Waals surface area contributed by atoms with Gasteiger partial charge in [-0.15, -0.1) is 0 Å². The number of benzene rings is 3. The van der Waals surface area contributed by atoms with Crippen LogP contribution in [0.1, 0.15) is 24.0 Å². The van der Waals surface area contributed by atoms with Gasteiger partial charge in [-0.1, -0.05) is 84.9 Å². The lowest BCUT2D eigenvalue weighted by molar-refractivity contribution is -0.137. The molecule has 3 aromatic rings. The van der Waals surface area contributed by atoms with Gasteiger partial charge in [0.05, 0.1) is 5.92 Å². The maximum Gasteiger partial charge on any atom is 0.233 e. The van der Waals surface area contributed by atoms with Crippen molar-refractivity contribution in [3.05, 3.63) is 96.1 Å². The van der Waals surface area contributed by atoms with Crippen LogP contribution in [-0.4, -0.2) is 23.1 Å². The lowest BCUT2D eigenvalue weighted by atomic mass is 9.96. The van der Waals surface area contributed by atoms with Crippen LogP contribution in [0.25, 0.3) is 11.1 Å². The summed E-state index contributed by atoms with van der Waals surface area (Å²) in [5.41, 5.74) is 4.59. The second-order valence-corrected chi connectivity index (χ2v) is 7.62. The number of carbonyl (C=O) groups excluding carboxylic acids is 2. The fraction of sp³-hybridized carbons (Fsp3) is 0.231. The SMILES string of the molecule is O=C(CCc1ccc(-c2ccccc2)cc1)C1CCN(Cc2ccccc2)C1=O. The highest BCUT2D eigenvalue weighted by Gasteiger charge is 2.36. The van der Waals surface area contributed by atoms with E-state index in [1.54, 1.807) is 0 Å². The smallest absolute Gasteiger partial charge is 0.233 e. The highest BCUT2D eigenvalue weighted by Crippen LogP contribution is 2.24. The molecule has 0 N–H and O–H groups in total. The van der Waals surface area contributed by atoms with Crippen molar-refractivity contribution >= 4 is 11.7 Å². The predicted octanol–water partition coefficient (Wildman–Crippen LogP) is 4.90. The topological polar surface area (TPSA) is 37.4 Å². The lowest BCUT2D eigenvalue weighted by Gasteiger charge is -2.16. The number of ketones is 1. The number of hydrogen-bond acceptors (Lipinski definition) is 2. The van der Waals surface area contributed by atoms with Crippen LogP contribution in [0.15, 0.2) is 84.9 Å². The van der Waals surface area contributed by atoms with E-state index in [2.05, 4.69) is 36.4 Å². The van der Waals surface area contributed by atoms with Crippen molar-refractivity contribution in [3.8, 4) is 11.1 Å². The fourth-order valence-corrected chi connectivity index (χ4v) is 3.93. The number of Topliss-reactive ketones (excluding diaryl/α,β-unsaturated/α-hetero) is 1. The maximum absolute atomic E-state index is 12.7. The number of likely N-dealkylation sites (tertiary alicyclic amines) is 1. The third kappa shape index (κ3) is 4.62. The van der Waals surface area contributed by atoms with Crippen LogP contribution in [0, 0.1) is 5.92 Å². The van der Waals surface area contributed by atoms with E-state index >= 15 is 0 Å². The summed E-state index contributed by atoms with van der Waals surface area (Å²) in [5.74, 6) is -0.418. The monoisotopic (exact) mass is 383 g/mol. The van der Waals surface area contributed by atoms with E-state index in [1.807, 2.05) is 53.4 Å². The number of aryl methyl sites for hydroxylation is 1. The number of amides is 1. The molecule has 1 amide bonds. The molecule has 0 aliphatic carbocycles. The molecule has 1 aliphatic rings. The third-order valence-corrected chi connectivity index (χ3v) is 5.62. The zero-order chi connectivity index (χ0) is 20.1. The van der Waals surface area contributed by atoms with Crippen LogP contribution in [-0.2, 0) is 22.6 Å². The van der Waals surface area contributed by atoms with Gasteiger partial charge in [0.25, 0.3) is 0 Å². The summed E-state index contributed by atoms with van der Waals surface area (Å²) in [6.45, 7) is 1.25. The first-order valence-corrected chi connectivity index (χ1v) is 10.2. The van der Waals surface area contributed by atoms with Gasteiger partial charge in [0.1, 0.15) is 5.78 Å². The first-order chi connectivity index (χ1) is 14.2. The molecule has 0 radical (unpaired) electrons. The summed E-state index contributed by atoms with van der Waals surface area (Å²) in [7, 11) is 0. The Morgan fingerprint density at radius 1 is 0.793 bits per heavy atom. The van der Waals surface area contributed by atoms with Gasteiger partial charge < -0.3 is 4.90 Å². The van der Waals surface area contributed by atoms with Gasteiger partial charge in [-0.2, -0.15) is 0 Å². The molecule has 146 valence electrons. The first-order valence-electron chi connectivity index (χ1n) is 10.2. The Kier molecular flexibility index (Phi) is 5.85. The molecular weight excluding hydrogens is 358 g/mol. The van der Waals surface area contributed by atoms with Crippen LogP contribution in [0.2, 0.25) is 0 Å². The van der Waals surface area contributed by atoms with Gasteiger partial charge in [0.15, 0.2) is 0 Å². The summed E-state index contributed by atoms with van der Waals surface area (Å²) in [6, 6.07) is 28.5. The van der Waals surface area contributed by atoms with Gasteiger partial charge in [-0.05, 0) is 35.1 Å². The summed E-state index contributed by atoms with van der Waals surface area (Å²) < 4.78 is 0. The molecule has 0 aromatic heterocycles. The molecule has 1 fully saturated rings. The van der Waals surface area contributed by atoms with Crippen LogP contribution >= 0.6 is 0 Å². The average molecular weight is 383 g/mol. The van der Waals surface area contributed by atoms with Crippen LogP contribution in [0.3, 0.4) is 0 Å². The van der Waals surface area contributed by atoms with E-state index in [1.165, 1.54) is 11.1 Å². The molecule has 4 rings (SSSR count). The highest BCUT2D eigenvalue weighted by molar-refractivity contribution is 6.02. The molecule has 3 heteroatoms. The zero-order valence-electron chi connectivity index (χ0n) is 16.5. The second kappa shape index (κ2) is 8.87. The quantitative estimate of drug-likeness (QED) is 0.544. The Bertz CT molecular complexity index is 965. The first kappa shape index (κ1) is 19.1. The van der Waals surface area contributed by atoms with E-state index in [0.29, 0.717) is 32.4 Å². The minimum Gasteiger partial charge on any atom is -0.338 e. The Hall–Kier alpha value is -3.20. The van der Waals surface area contributed by atoms with Crippen molar-refractivity contribution in [2.24, 2.45) is 5.92 Å². The van der Waals surface area contributed by atoms with Crippen molar-refractivity contribution in [3.63, 3.8) is 0 Å². The molecular formula is C26H25NO2. The molecule has 0 bridgehead atoms. The van der Waals surface area contributed by atoms with Crippen molar-refractivity contribution in [1.82, 2.24) is 4.90 Å². The Morgan fingerprint density at radius 3 is 2.10 bits per heavy atom. The third-order valence-electron chi connectivity index (χ3n) is 5.62.